The Morgan fingerprint density at radius 1 is 0.404 bits per heavy atom. The van der Waals surface area contributed by atoms with E-state index < -0.39 is 72.7 Å². The zero-order valence-electron chi connectivity index (χ0n) is 52.8. The Labute approximate surface area is 589 Å². The van der Waals surface area contributed by atoms with Crippen LogP contribution in [-0.4, -0.2) is 99.1 Å². The van der Waals surface area contributed by atoms with Gasteiger partial charge in [0.15, 0.2) is 23.7 Å². The fourth-order valence-electron chi connectivity index (χ4n) is 8.93. The number of amides is 3. The summed E-state index contributed by atoms with van der Waals surface area (Å²) in [4.78, 5) is 64.7. The summed E-state index contributed by atoms with van der Waals surface area (Å²) >= 11 is 6.28. The van der Waals surface area contributed by atoms with Gasteiger partial charge in [0.05, 0.1) is 59.9 Å². The molecule has 9 aromatic carbocycles. The van der Waals surface area contributed by atoms with Gasteiger partial charge < -0.3 is 44.4 Å². The third-order valence-corrected chi connectivity index (χ3v) is 16.6. The van der Waals surface area contributed by atoms with Gasteiger partial charge in [0, 0.05) is 23.1 Å². The standard InChI is InChI=1S/C23H17F3N4O5S.C22H17ClN4O5S.C22H15F3N4O5S/c24-23(25,26)13-34-15-8-10-16(11-9-15)35-22-20(29-18-6-1-2-7-19(18)30-22)21(31)28-14-4-3-5-17(12-14)36(27,32)33;1-31-14-9-10-19(16(23)12-14)32-22-20(26-17-7-2-3-8-18(17)27-22)21(28)25-13-5-4-6-15(11-13)33(24,29)30;23-22(24,25)34-15-10-8-14(9-11-15)33-21-19(28-17-6-1-2-7-18(17)29-21)20(30)27-13-4-3-5-16(12-13)35(26,31)32/h1-12H,13H2,(H,28,31)(H2,27,32,33);2-12H,1H3,(H,25,28)(H2,24,29,30);1-12H,(H,27,30)(H2,26,31,32). The van der Waals surface area contributed by atoms with Crippen LogP contribution in [0.3, 0.4) is 0 Å². The monoisotopic (exact) mass is 1510 g/mol. The maximum absolute atomic E-state index is 13.1. The number of halogens is 7. The molecule has 9 N–H and O–H groups in total. The van der Waals surface area contributed by atoms with E-state index in [2.05, 4.69) is 55.3 Å². The number of nitrogens with zero attached hydrogens (tertiary/aromatic N) is 6. The zero-order chi connectivity index (χ0) is 74.7. The molecule has 0 fully saturated rings. The molecule has 534 valence electrons. The second-order valence-corrected chi connectivity index (χ2v) is 26.3. The number of carbonyl (C=O) groups is 3. The number of sulfonamides is 3. The van der Waals surface area contributed by atoms with Gasteiger partial charge in [0.2, 0.25) is 30.1 Å². The lowest BCUT2D eigenvalue weighted by molar-refractivity contribution is -0.274. The minimum absolute atomic E-state index is 0.0306. The van der Waals surface area contributed by atoms with E-state index in [1.807, 2.05) is 0 Å². The first-order valence-electron chi connectivity index (χ1n) is 29.4. The Balaban J connectivity index is 0.000000168. The number of carbonyl (C=O) groups excluding carboxylic acids is 3. The molecule has 3 heterocycles. The molecule has 0 saturated heterocycles. The molecule has 0 unspecified atom stereocenters. The van der Waals surface area contributed by atoms with Crippen LogP contribution in [0.1, 0.15) is 31.5 Å². The maximum atomic E-state index is 13.1. The van der Waals surface area contributed by atoms with E-state index >= 15 is 0 Å². The molecule has 0 aliphatic heterocycles. The van der Waals surface area contributed by atoms with Gasteiger partial charge >= 0.3 is 12.5 Å². The number of fused-ring (bicyclic) bond motifs is 3. The molecule has 0 radical (unpaired) electrons. The predicted molar refractivity (Wildman–Crippen MR) is 365 cm³/mol. The highest BCUT2D eigenvalue weighted by molar-refractivity contribution is 7.89. The number of para-hydroxylation sites is 6. The zero-order valence-corrected chi connectivity index (χ0v) is 56.0. The van der Waals surface area contributed by atoms with Gasteiger partial charge in [-0.2, -0.15) is 13.2 Å². The maximum Gasteiger partial charge on any atom is 0.573 e. The number of aromatic nitrogens is 6. The third-order valence-electron chi connectivity index (χ3n) is 13.6. The first-order chi connectivity index (χ1) is 49.2. The van der Waals surface area contributed by atoms with E-state index in [-0.39, 0.29) is 94.5 Å². The van der Waals surface area contributed by atoms with Crippen LogP contribution in [0.5, 0.6) is 52.1 Å². The number of nitrogens with two attached hydrogens (primary N) is 3. The lowest BCUT2D eigenvalue weighted by Gasteiger charge is -2.13. The summed E-state index contributed by atoms with van der Waals surface area (Å²) in [5.74, 6) is -2.18. The molecular formula is C67H49ClF6N12O15S3. The van der Waals surface area contributed by atoms with Crippen LogP contribution >= 0.6 is 11.6 Å². The summed E-state index contributed by atoms with van der Waals surface area (Å²) in [6, 6.07) is 50.9. The van der Waals surface area contributed by atoms with Crippen molar-refractivity contribution in [3.05, 3.63) is 234 Å². The van der Waals surface area contributed by atoms with Crippen molar-refractivity contribution in [2.75, 3.05) is 29.7 Å². The lowest BCUT2D eigenvalue weighted by Crippen LogP contribution is -2.19. The van der Waals surface area contributed by atoms with Crippen LogP contribution in [0.2, 0.25) is 5.02 Å². The quantitative estimate of drug-likeness (QED) is 0.0409. The third kappa shape index (κ3) is 20.3. The van der Waals surface area contributed by atoms with E-state index in [1.54, 1.807) is 91.0 Å². The number of benzene rings is 9. The Bertz CT molecular complexity index is 5610. The number of anilines is 3. The number of rotatable bonds is 19. The Hall–Kier alpha value is -12.2. The number of methoxy groups -OCH3 is 1. The van der Waals surface area contributed by atoms with Crippen molar-refractivity contribution in [3.63, 3.8) is 0 Å². The van der Waals surface area contributed by atoms with Crippen LogP contribution in [0.15, 0.2) is 227 Å². The van der Waals surface area contributed by atoms with Crippen LogP contribution in [0.4, 0.5) is 43.4 Å². The summed E-state index contributed by atoms with van der Waals surface area (Å²) in [6.07, 6.45) is -9.33. The molecule has 0 saturated carbocycles. The smallest absolute Gasteiger partial charge is 0.497 e. The van der Waals surface area contributed by atoms with Crippen LogP contribution in [-0.2, 0) is 30.1 Å². The molecule has 12 aromatic rings. The predicted octanol–water partition coefficient (Wildman–Crippen LogP) is 12.5. The summed E-state index contributed by atoms with van der Waals surface area (Å²) in [5, 5.41) is 23.3. The number of hydrogen-bond acceptors (Lipinski definition) is 21. The normalized spacial score (nSPS) is 11.6. The molecule has 0 atom stereocenters. The summed E-state index contributed by atoms with van der Waals surface area (Å²) in [5.41, 5.74) is 2.43. The minimum Gasteiger partial charge on any atom is -0.497 e. The van der Waals surface area contributed by atoms with Gasteiger partial charge in [-0.25, -0.2) is 70.6 Å². The van der Waals surface area contributed by atoms with Crippen molar-refractivity contribution < 1.29 is 94.4 Å². The fraction of sp³-hybridized carbons (Fsp3) is 0.0597. The Morgan fingerprint density at radius 2 is 0.721 bits per heavy atom. The number of alkyl halides is 6. The highest BCUT2D eigenvalue weighted by atomic mass is 35.5. The second-order valence-electron chi connectivity index (χ2n) is 21.2. The highest BCUT2D eigenvalue weighted by Crippen LogP contribution is 2.36. The molecule has 37 heteroatoms. The average molecular weight is 1510 g/mol. The number of hydrogen-bond donors (Lipinski definition) is 6. The first kappa shape index (κ1) is 74.5. The number of primary sulfonamides is 3. The summed E-state index contributed by atoms with van der Waals surface area (Å²) in [6.45, 7) is -1.44. The van der Waals surface area contributed by atoms with E-state index in [0.29, 0.717) is 38.8 Å². The minimum atomic E-state index is -4.85. The van der Waals surface area contributed by atoms with Crippen LogP contribution in [0, 0.1) is 0 Å². The van der Waals surface area contributed by atoms with E-state index in [0.717, 1.165) is 12.1 Å². The van der Waals surface area contributed by atoms with Crippen molar-refractivity contribution in [2.45, 2.75) is 27.2 Å². The molecule has 27 nitrogen and oxygen atoms in total. The molecule has 0 aliphatic rings. The van der Waals surface area contributed by atoms with Crippen molar-refractivity contribution in [3.8, 4) is 52.1 Å². The molecule has 0 aliphatic carbocycles. The molecule has 3 amide bonds. The van der Waals surface area contributed by atoms with Gasteiger partial charge in [0.25, 0.3) is 35.4 Å². The van der Waals surface area contributed by atoms with Crippen molar-refractivity contribution in [2.24, 2.45) is 15.4 Å². The van der Waals surface area contributed by atoms with Gasteiger partial charge in [-0.15, -0.1) is 13.2 Å². The van der Waals surface area contributed by atoms with Crippen molar-refractivity contribution >= 4 is 110 Å². The second kappa shape index (κ2) is 31.4. The van der Waals surface area contributed by atoms with Crippen LogP contribution < -0.4 is 59.8 Å². The largest absolute Gasteiger partial charge is 0.573 e. The number of nitrogens with one attached hydrogen (secondary N) is 3. The fourth-order valence-corrected chi connectivity index (χ4v) is 10.8. The van der Waals surface area contributed by atoms with Gasteiger partial charge in [0.1, 0.15) is 34.5 Å². The Morgan fingerprint density at radius 3 is 1.04 bits per heavy atom. The molecule has 0 spiro atoms. The Kier molecular flexibility index (Phi) is 22.5. The summed E-state index contributed by atoms with van der Waals surface area (Å²) < 4.78 is 175. The van der Waals surface area contributed by atoms with E-state index in [1.165, 1.54) is 116 Å². The molecule has 12 rings (SSSR count). The molecular weight excluding hydrogens is 1460 g/mol. The lowest BCUT2D eigenvalue weighted by atomic mass is 10.2. The molecule has 3 aromatic heterocycles. The van der Waals surface area contributed by atoms with E-state index in [4.69, 9.17) is 46.0 Å². The SMILES string of the molecule is COc1ccc(Oc2nc3ccccc3nc2C(=O)Nc2cccc(S(N)(=O)=O)c2)c(Cl)c1.NS(=O)(=O)c1cccc(NC(=O)c2nc3ccccc3nc2Oc2ccc(OC(F)(F)F)cc2)c1.NS(=O)(=O)c1cccc(NC(=O)c2nc3ccccc3nc2Oc2ccc(OCC(F)(F)F)cc2)c1. The number of ether oxygens (including phenoxy) is 6. The summed E-state index contributed by atoms with van der Waals surface area (Å²) in [7, 11) is -10.4. The molecule has 0 bridgehead atoms. The van der Waals surface area contributed by atoms with Crippen molar-refractivity contribution in [1.82, 2.24) is 29.9 Å². The topological polar surface area (TPSA) is 400 Å². The van der Waals surface area contributed by atoms with Crippen LogP contribution in [0.25, 0.3) is 33.1 Å². The van der Waals surface area contributed by atoms with E-state index in [9.17, 15) is 66.0 Å². The van der Waals surface area contributed by atoms with Gasteiger partial charge in [-0.05, 0) is 152 Å². The molecule has 104 heavy (non-hydrogen) atoms. The first-order valence-corrected chi connectivity index (χ1v) is 34.4. The van der Waals surface area contributed by atoms with Gasteiger partial charge in [-0.1, -0.05) is 66.2 Å². The van der Waals surface area contributed by atoms with Gasteiger partial charge in [-0.3, -0.25) is 14.4 Å². The highest BCUT2D eigenvalue weighted by Gasteiger charge is 2.32. The van der Waals surface area contributed by atoms with Crippen molar-refractivity contribution in [1.29, 1.82) is 0 Å². The average Bonchev–Trinajstić information content (AvgIpc) is 0.802.